The molecule has 0 aliphatic heterocycles. The normalized spacial score (nSPS) is 10.4. The lowest BCUT2D eigenvalue weighted by Gasteiger charge is -2.05. The minimum atomic E-state index is -1.29. The van der Waals surface area contributed by atoms with Crippen LogP contribution in [0.2, 0.25) is 0 Å². The van der Waals surface area contributed by atoms with Crippen LogP contribution in [0.3, 0.4) is 0 Å². The Morgan fingerprint density at radius 1 is 1.32 bits per heavy atom. The van der Waals surface area contributed by atoms with Gasteiger partial charge in [0.05, 0.1) is 11.9 Å². The Morgan fingerprint density at radius 2 is 2.05 bits per heavy atom. The van der Waals surface area contributed by atoms with Gasteiger partial charge in [-0.05, 0) is 25.1 Å². The molecule has 0 bridgehead atoms. The summed E-state index contributed by atoms with van der Waals surface area (Å²) in [6, 6.07) is 5.56. The largest absolute Gasteiger partial charge is 0.475 e. The zero-order chi connectivity index (χ0) is 14.0. The number of rotatable bonds is 4. The maximum Gasteiger partial charge on any atom is 0.371 e. The van der Waals surface area contributed by atoms with Gasteiger partial charge in [0.15, 0.2) is 5.43 Å². The number of carboxylic acid groups (broad SMARTS) is 1. The monoisotopic (exact) mass is 261 g/mol. The fraction of sp³-hybridized carbons (Fsp3) is 0.154. The Labute approximate surface area is 107 Å². The summed E-state index contributed by atoms with van der Waals surface area (Å²) in [5.74, 6) is -1.73. The first-order valence-corrected chi connectivity index (χ1v) is 5.52. The molecule has 2 aromatic rings. The van der Waals surface area contributed by atoms with E-state index < -0.39 is 17.2 Å². The first-order valence-electron chi connectivity index (χ1n) is 5.52. The molecule has 2 rings (SSSR count). The van der Waals surface area contributed by atoms with Crippen molar-refractivity contribution < 1.29 is 19.1 Å². The molecule has 1 aromatic heterocycles. The van der Waals surface area contributed by atoms with Crippen LogP contribution in [0.1, 0.15) is 17.5 Å². The molecule has 19 heavy (non-hydrogen) atoms. The average Bonchev–Trinajstić information content (AvgIpc) is 2.36. The first kappa shape index (κ1) is 12.8. The first-order chi connectivity index (χ1) is 8.97. The van der Waals surface area contributed by atoms with Gasteiger partial charge in [-0.3, -0.25) is 9.59 Å². The molecule has 0 saturated heterocycles. The van der Waals surface area contributed by atoms with Gasteiger partial charge in [-0.1, -0.05) is 0 Å². The smallest absolute Gasteiger partial charge is 0.371 e. The third-order valence-corrected chi connectivity index (χ3v) is 2.48. The number of hydrogen-bond acceptors (Lipinski definition) is 5. The minimum absolute atomic E-state index is 0.0339. The van der Waals surface area contributed by atoms with Crippen molar-refractivity contribution in [2.24, 2.45) is 0 Å². The van der Waals surface area contributed by atoms with Gasteiger partial charge in [-0.25, -0.2) is 4.79 Å². The predicted octanol–water partition coefficient (Wildman–Crippen LogP) is 1.49. The van der Waals surface area contributed by atoms with Gasteiger partial charge in [0.2, 0.25) is 5.76 Å². The number of Topliss-reactive ketones (excluding diaryl/α,β-unsaturated/α-hetero) is 1. The summed E-state index contributed by atoms with van der Waals surface area (Å²) in [5, 5.41) is 11.9. The molecule has 1 aromatic carbocycles. The summed E-state index contributed by atoms with van der Waals surface area (Å²) in [7, 11) is 0. The van der Waals surface area contributed by atoms with E-state index in [1.54, 1.807) is 6.07 Å². The van der Waals surface area contributed by atoms with Crippen LogP contribution in [0, 0.1) is 0 Å². The lowest BCUT2D eigenvalue weighted by molar-refractivity contribution is -0.115. The van der Waals surface area contributed by atoms with E-state index in [2.05, 4.69) is 5.32 Å². The van der Waals surface area contributed by atoms with E-state index in [0.29, 0.717) is 5.69 Å². The van der Waals surface area contributed by atoms with Crippen LogP contribution < -0.4 is 10.7 Å². The highest BCUT2D eigenvalue weighted by molar-refractivity contribution is 5.88. The minimum Gasteiger partial charge on any atom is -0.475 e. The highest BCUT2D eigenvalue weighted by Gasteiger charge is 2.11. The number of carbonyl (C=O) groups is 2. The van der Waals surface area contributed by atoms with Crippen molar-refractivity contribution in [2.75, 3.05) is 11.9 Å². The number of fused-ring (bicyclic) bond motifs is 1. The third-order valence-electron chi connectivity index (χ3n) is 2.48. The molecule has 2 N–H and O–H groups in total. The van der Waals surface area contributed by atoms with Crippen molar-refractivity contribution in [3.8, 4) is 0 Å². The van der Waals surface area contributed by atoms with Crippen LogP contribution in [0.15, 0.2) is 33.5 Å². The van der Waals surface area contributed by atoms with Gasteiger partial charge in [0.1, 0.15) is 11.4 Å². The Morgan fingerprint density at radius 3 is 2.68 bits per heavy atom. The molecular formula is C13H11NO5. The number of nitrogens with one attached hydrogen (secondary N) is 1. The Balaban J connectivity index is 2.46. The summed E-state index contributed by atoms with van der Waals surface area (Å²) < 4.78 is 5.09. The van der Waals surface area contributed by atoms with Crippen LogP contribution >= 0.6 is 0 Å². The summed E-state index contributed by atoms with van der Waals surface area (Å²) in [4.78, 5) is 33.4. The molecule has 0 spiro atoms. The van der Waals surface area contributed by atoms with E-state index in [9.17, 15) is 14.4 Å². The van der Waals surface area contributed by atoms with E-state index in [1.807, 2.05) is 0 Å². The lowest BCUT2D eigenvalue weighted by Crippen LogP contribution is -2.11. The molecule has 0 saturated carbocycles. The quantitative estimate of drug-likeness (QED) is 0.865. The van der Waals surface area contributed by atoms with E-state index in [-0.39, 0.29) is 23.3 Å². The number of benzene rings is 1. The van der Waals surface area contributed by atoms with Gasteiger partial charge in [-0.2, -0.15) is 0 Å². The number of carbonyl (C=O) groups excluding carboxylic acids is 1. The van der Waals surface area contributed by atoms with Crippen molar-refractivity contribution in [1.82, 2.24) is 0 Å². The molecular weight excluding hydrogens is 250 g/mol. The zero-order valence-electron chi connectivity index (χ0n) is 10.1. The van der Waals surface area contributed by atoms with Crippen LogP contribution in [0.5, 0.6) is 0 Å². The van der Waals surface area contributed by atoms with Crippen molar-refractivity contribution in [3.63, 3.8) is 0 Å². The van der Waals surface area contributed by atoms with E-state index in [0.717, 1.165) is 6.07 Å². The van der Waals surface area contributed by atoms with Crippen molar-refractivity contribution >= 4 is 28.4 Å². The van der Waals surface area contributed by atoms with E-state index in [1.165, 1.54) is 19.1 Å². The molecule has 1 heterocycles. The molecule has 0 amide bonds. The molecule has 0 radical (unpaired) electrons. The summed E-state index contributed by atoms with van der Waals surface area (Å²) in [6.45, 7) is 1.60. The lowest BCUT2D eigenvalue weighted by atomic mass is 10.2. The van der Waals surface area contributed by atoms with E-state index >= 15 is 0 Å². The highest BCUT2D eigenvalue weighted by Crippen LogP contribution is 2.17. The molecule has 6 nitrogen and oxygen atoms in total. The van der Waals surface area contributed by atoms with Gasteiger partial charge < -0.3 is 14.8 Å². The van der Waals surface area contributed by atoms with Crippen molar-refractivity contribution in [3.05, 3.63) is 40.2 Å². The molecule has 0 fully saturated rings. The standard InChI is InChI=1S/C13H11NO5/c1-7(15)6-14-8-2-3-11-9(4-8)10(16)5-12(19-11)13(17)18/h2-5,14H,6H2,1H3,(H,17,18). The van der Waals surface area contributed by atoms with Crippen LogP contribution in [0.4, 0.5) is 5.69 Å². The second kappa shape index (κ2) is 4.93. The summed E-state index contributed by atoms with van der Waals surface area (Å²) in [5.41, 5.74) is 0.349. The molecule has 0 atom stereocenters. The summed E-state index contributed by atoms with van der Waals surface area (Å²) in [6.07, 6.45) is 0. The third kappa shape index (κ3) is 2.79. The Hall–Kier alpha value is -2.63. The molecule has 0 unspecified atom stereocenters. The molecule has 0 aliphatic carbocycles. The summed E-state index contributed by atoms with van der Waals surface area (Å²) >= 11 is 0. The van der Waals surface area contributed by atoms with Crippen molar-refractivity contribution in [2.45, 2.75) is 6.92 Å². The molecule has 98 valence electrons. The zero-order valence-corrected chi connectivity index (χ0v) is 10.1. The van der Waals surface area contributed by atoms with Crippen molar-refractivity contribution in [1.29, 1.82) is 0 Å². The average molecular weight is 261 g/mol. The second-order valence-corrected chi connectivity index (χ2v) is 4.05. The van der Waals surface area contributed by atoms with E-state index in [4.69, 9.17) is 9.52 Å². The van der Waals surface area contributed by atoms with Crippen LogP contribution in [-0.2, 0) is 4.79 Å². The van der Waals surface area contributed by atoms with Gasteiger partial charge in [0, 0.05) is 11.8 Å². The number of anilines is 1. The predicted molar refractivity (Wildman–Crippen MR) is 68.6 cm³/mol. The number of ketones is 1. The number of hydrogen-bond donors (Lipinski definition) is 2. The maximum atomic E-state index is 11.8. The maximum absolute atomic E-state index is 11.8. The number of carboxylic acids is 1. The van der Waals surface area contributed by atoms with Crippen LogP contribution in [-0.4, -0.2) is 23.4 Å². The fourth-order valence-corrected chi connectivity index (χ4v) is 1.60. The number of aromatic carboxylic acids is 1. The van der Waals surface area contributed by atoms with Gasteiger partial charge in [-0.15, -0.1) is 0 Å². The van der Waals surface area contributed by atoms with Crippen LogP contribution in [0.25, 0.3) is 11.0 Å². The Bertz CT molecular complexity index is 717. The highest BCUT2D eigenvalue weighted by atomic mass is 16.4. The molecule has 0 aliphatic rings. The Kier molecular flexibility index (Phi) is 3.33. The molecule has 6 heteroatoms. The second-order valence-electron chi connectivity index (χ2n) is 4.05. The van der Waals surface area contributed by atoms with Gasteiger partial charge in [0.25, 0.3) is 0 Å². The van der Waals surface area contributed by atoms with Gasteiger partial charge >= 0.3 is 5.97 Å². The fourth-order valence-electron chi connectivity index (χ4n) is 1.60. The topological polar surface area (TPSA) is 96.6 Å². The SMILES string of the molecule is CC(=O)CNc1ccc2oc(C(=O)O)cc(=O)c2c1.